The Morgan fingerprint density at radius 1 is 0.873 bits per heavy atom. The van der Waals surface area contributed by atoms with Gasteiger partial charge in [0, 0.05) is 73.3 Å². The lowest BCUT2D eigenvalue weighted by Crippen LogP contribution is -2.66. The van der Waals surface area contributed by atoms with Crippen LogP contribution >= 0.6 is 0 Å². The number of amides is 1. The third-order valence-corrected chi connectivity index (χ3v) is 13.9. The Morgan fingerprint density at radius 3 is 2.15 bits per heavy atom. The van der Waals surface area contributed by atoms with E-state index < -0.39 is 109 Å². The van der Waals surface area contributed by atoms with Gasteiger partial charge in [0.1, 0.15) is 36.8 Å². The van der Waals surface area contributed by atoms with Crippen LogP contribution in [0.2, 0.25) is 0 Å². The normalized spacial score (nSPS) is 33.7. The molecule has 1 amide bonds. The maximum Gasteiger partial charge on any atom is 0.306 e. The molecule has 0 saturated carbocycles. The highest BCUT2D eigenvalue weighted by molar-refractivity contribution is 5.77. The van der Waals surface area contributed by atoms with Crippen LogP contribution in [0.1, 0.15) is 112 Å². The first-order valence-corrected chi connectivity index (χ1v) is 25.3. The summed E-state index contributed by atoms with van der Waals surface area (Å²) in [4.78, 5) is 83.2. The number of esters is 4. The number of likely N-dealkylation sites (N-methyl/N-ethyl adjacent to an activating group) is 2. The Bertz CT molecular complexity index is 1860. The largest absolute Gasteiger partial charge is 0.461 e. The summed E-state index contributed by atoms with van der Waals surface area (Å²) in [6.07, 6.45) is -7.97. The average Bonchev–Trinajstić information content (AvgIpc) is 3.30. The SMILES string of the molecule is CCC(=O)O[C@@H]1CC(=O)N(C)CCN(CCCCc2ccccc2)C[C@H](OC(C)=O)[C@H](C)C[C@H](CC=O)[C@H](O[C@@H]2OC(C)[C@@H](O[C@H]3CC(C)(OC(C)=O)[C@@H](OC(=O)CC)C(C)O3)C(N(C)C)C2O)[C@H]1OC. The number of ether oxygens (including phenoxy) is 9. The number of nitrogens with zero attached hydrogens (tertiary/aromatic N) is 3. The van der Waals surface area contributed by atoms with Gasteiger partial charge in [-0.1, -0.05) is 51.1 Å². The quantitative estimate of drug-likeness (QED) is 0.0887. The number of aliphatic hydroxyl groups is 1. The summed E-state index contributed by atoms with van der Waals surface area (Å²) >= 11 is 0. The van der Waals surface area contributed by atoms with E-state index in [1.54, 1.807) is 65.6 Å². The number of aryl methyl sites for hydroxylation is 1. The van der Waals surface area contributed by atoms with E-state index in [1.165, 1.54) is 26.5 Å². The Balaban J connectivity index is 1.71. The molecular formula is C52H83N3O16. The average molecular weight is 1010 g/mol. The van der Waals surface area contributed by atoms with Gasteiger partial charge < -0.3 is 62.3 Å². The van der Waals surface area contributed by atoms with E-state index in [9.17, 15) is 33.9 Å². The van der Waals surface area contributed by atoms with Crippen LogP contribution < -0.4 is 0 Å². The number of aldehydes is 1. The monoisotopic (exact) mass is 1010 g/mol. The summed E-state index contributed by atoms with van der Waals surface area (Å²) < 4.78 is 56.1. The zero-order chi connectivity index (χ0) is 52.6. The molecule has 3 aliphatic rings. The molecular weight excluding hydrogens is 923 g/mol. The van der Waals surface area contributed by atoms with Gasteiger partial charge in [-0.05, 0) is 84.5 Å². The third-order valence-electron chi connectivity index (χ3n) is 13.9. The van der Waals surface area contributed by atoms with Crippen LogP contribution in [-0.2, 0) is 77.8 Å². The molecule has 0 spiro atoms. The Hall–Kier alpha value is -4.08. The summed E-state index contributed by atoms with van der Waals surface area (Å²) in [5.74, 6) is -3.53. The van der Waals surface area contributed by atoms with Crippen molar-refractivity contribution in [2.75, 3.05) is 54.4 Å². The zero-order valence-electron chi connectivity index (χ0n) is 44.2. The first-order valence-electron chi connectivity index (χ1n) is 25.3. The fraction of sp³-hybridized carbons (Fsp3) is 0.769. The maximum atomic E-state index is 14.2. The van der Waals surface area contributed by atoms with Crippen molar-refractivity contribution in [3.8, 4) is 0 Å². The number of carbonyl (C=O) groups excluding carboxylic acids is 6. The van der Waals surface area contributed by atoms with Crippen molar-refractivity contribution >= 4 is 36.1 Å². The minimum Gasteiger partial charge on any atom is -0.461 e. The van der Waals surface area contributed by atoms with E-state index in [0.717, 1.165) is 25.5 Å². The number of hydrogen-bond acceptors (Lipinski definition) is 18. The van der Waals surface area contributed by atoms with Gasteiger partial charge in [-0.3, -0.25) is 28.9 Å². The third kappa shape index (κ3) is 17.3. The fourth-order valence-electron chi connectivity index (χ4n) is 10.2. The van der Waals surface area contributed by atoms with Crippen molar-refractivity contribution in [1.29, 1.82) is 0 Å². The van der Waals surface area contributed by atoms with Crippen molar-refractivity contribution in [2.24, 2.45) is 11.8 Å². The summed E-state index contributed by atoms with van der Waals surface area (Å²) in [5, 5.41) is 12.4. The molecule has 3 aliphatic heterocycles. The second kappa shape index (κ2) is 28.4. The molecule has 0 radical (unpaired) electrons. The number of benzene rings is 1. The first-order chi connectivity index (χ1) is 33.6. The number of carbonyl (C=O) groups is 6. The molecule has 3 heterocycles. The number of methoxy groups -OCH3 is 1. The van der Waals surface area contributed by atoms with Crippen molar-refractivity contribution in [1.82, 2.24) is 14.7 Å². The minimum absolute atomic E-state index is 0.00249. The standard InChI is InChI=1S/C52H83N3O16/c1-13-42(60)67-39-29-41(59)54(11)25-26-55(24-19-18-22-37-20-16-15-17-21-37)31-40(66-35(6)57)32(3)28-38(23-27-56)48(49(39)63-12)70-51-46(62)45(53(9)10)47(33(4)65-51)69-44-30-52(8,71-36(7)58)50(34(5)64-44)68-43(61)14-2/h15-17,20-21,27,32-34,38-40,44-51,62H,13-14,18-19,22-26,28-31H2,1-12H3/t32-,33?,34?,38+,39-,40+,44+,45?,46?,47-,48+,49+,50+,51+,52?/m1/s1. The van der Waals surface area contributed by atoms with Gasteiger partial charge in [0.05, 0.1) is 30.8 Å². The van der Waals surface area contributed by atoms with Crippen LogP contribution in [-0.4, -0.2) is 189 Å². The fourth-order valence-corrected chi connectivity index (χ4v) is 10.2. The highest BCUT2D eigenvalue weighted by Gasteiger charge is 2.54. The predicted molar refractivity (Wildman–Crippen MR) is 259 cm³/mol. The topological polar surface area (TPSA) is 215 Å². The first kappa shape index (κ1) is 59.5. The van der Waals surface area contributed by atoms with Crippen LogP contribution in [0.3, 0.4) is 0 Å². The lowest BCUT2D eigenvalue weighted by Gasteiger charge is -2.51. The van der Waals surface area contributed by atoms with E-state index in [1.807, 2.05) is 25.1 Å². The van der Waals surface area contributed by atoms with Crippen LogP contribution in [0.5, 0.6) is 0 Å². The van der Waals surface area contributed by atoms with E-state index in [-0.39, 0.29) is 50.4 Å². The number of rotatable bonds is 19. The van der Waals surface area contributed by atoms with E-state index in [0.29, 0.717) is 26.2 Å². The molecule has 1 N–H and O–H groups in total. The Kier molecular flexibility index (Phi) is 23.8. The summed E-state index contributed by atoms with van der Waals surface area (Å²) in [6.45, 7) is 14.8. The molecule has 0 bridgehead atoms. The van der Waals surface area contributed by atoms with Gasteiger partial charge in [-0.25, -0.2) is 0 Å². The Morgan fingerprint density at radius 2 is 1.55 bits per heavy atom. The van der Waals surface area contributed by atoms with Crippen LogP contribution in [0.15, 0.2) is 30.3 Å². The molecule has 0 aromatic heterocycles. The number of aliphatic hydroxyl groups excluding tert-OH is 1. The maximum absolute atomic E-state index is 14.2. The second-order valence-corrected chi connectivity index (χ2v) is 19.9. The Labute approximate surface area is 420 Å². The van der Waals surface area contributed by atoms with Gasteiger partial charge in [-0.2, -0.15) is 0 Å². The van der Waals surface area contributed by atoms with Crippen LogP contribution in [0, 0.1) is 11.8 Å². The number of unbranched alkanes of at least 4 members (excludes halogenated alkanes) is 1. The molecule has 0 aliphatic carbocycles. The van der Waals surface area contributed by atoms with Gasteiger partial charge >= 0.3 is 23.9 Å². The molecule has 5 unspecified atom stereocenters. The lowest BCUT2D eigenvalue weighted by molar-refractivity contribution is -0.344. The molecule has 1 aromatic carbocycles. The highest BCUT2D eigenvalue weighted by Crippen LogP contribution is 2.39. The molecule has 1 aromatic rings. The van der Waals surface area contributed by atoms with Crippen LogP contribution in [0.4, 0.5) is 0 Å². The molecule has 71 heavy (non-hydrogen) atoms. The van der Waals surface area contributed by atoms with E-state index in [4.69, 9.17) is 42.6 Å². The van der Waals surface area contributed by atoms with Gasteiger partial charge in [0.15, 0.2) is 24.3 Å². The molecule has 15 atom stereocenters. The van der Waals surface area contributed by atoms with Crippen molar-refractivity contribution in [2.45, 2.75) is 192 Å². The number of hydrogen-bond donors (Lipinski definition) is 1. The second-order valence-electron chi connectivity index (χ2n) is 19.9. The van der Waals surface area contributed by atoms with Crippen LogP contribution in [0.25, 0.3) is 0 Å². The van der Waals surface area contributed by atoms with Gasteiger partial charge in [-0.15, -0.1) is 0 Å². The molecule has 19 heteroatoms. The molecule has 3 saturated heterocycles. The lowest BCUT2D eigenvalue weighted by atomic mass is 9.82. The zero-order valence-corrected chi connectivity index (χ0v) is 44.2. The molecule has 19 nitrogen and oxygen atoms in total. The minimum atomic E-state index is -1.43. The van der Waals surface area contributed by atoms with Gasteiger partial charge in [0.25, 0.3) is 0 Å². The van der Waals surface area contributed by atoms with Crippen molar-refractivity contribution in [3.05, 3.63) is 35.9 Å². The molecule has 3 fully saturated rings. The van der Waals surface area contributed by atoms with Crippen molar-refractivity contribution in [3.63, 3.8) is 0 Å². The smallest absolute Gasteiger partial charge is 0.306 e. The summed E-state index contributed by atoms with van der Waals surface area (Å²) in [7, 11) is 6.60. The molecule has 402 valence electrons. The molecule has 4 rings (SSSR count). The summed E-state index contributed by atoms with van der Waals surface area (Å²) in [5.41, 5.74) is -0.0899. The van der Waals surface area contributed by atoms with Crippen molar-refractivity contribution < 1.29 is 76.5 Å². The highest BCUT2D eigenvalue weighted by atomic mass is 16.7. The van der Waals surface area contributed by atoms with E-state index >= 15 is 0 Å². The summed E-state index contributed by atoms with van der Waals surface area (Å²) in [6, 6.07) is 9.41. The van der Waals surface area contributed by atoms with E-state index in [2.05, 4.69) is 17.0 Å². The van der Waals surface area contributed by atoms with Gasteiger partial charge in [0.2, 0.25) is 5.91 Å². The predicted octanol–water partition coefficient (Wildman–Crippen LogP) is 4.26.